The number of hydrogen-bond acceptors (Lipinski definition) is 2. The Labute approximate surface area is 120 Å². The summed E-state index contributed by atoms with van der Waals surface area (Å²) < 4.78 is 1.84. The Morgan fingerprint density at radius 2 is 1.60 bits per heavy atom. The first-order valence-electron chi connectivity index (χ1n) is 6.32. The second kappa shape index (κ2) is 4.32. The van der Waals surface area contributed by atoms with E-state index in [2.05, 4.69) is 10.1 Å². The molecule has 4 aromatic rings. The lowest BCUT2D eigenvalue weighted by molar-refractivity contribution is 0.896. The molecule has 0 bridgehead atoms. The molecule has 0 aliphatic rings. The van der Waals surface area contributed by atoms with Crippen molar-refractivity contribution in [3.05, 3.63) is 65.9 Å². The molecule has 2 heterocycles. The van der Waals surface area contributed by atoms with Crippen LogP contribution in [0.3, 0.4) is 0 Å². The van der Waals surface area contributed by atoms with Crippen LogP contribution in [0.4, 0.5) is 0 Å². The van der Waals surface area contributed by atoms with Crippen LogP contribution >= 0.6 is 11.6 Å². The van der Waals surface area contributed by atoms with Gasteiger partial charge in [-0.05, 0) is 18.2 Å². The smallest absolute Gasteiger partial charge is 0.157 e. The predicted molar refractivity (Wildman–Crippen MR) is 81.4 cm³/mol. The van der Waals surface area contributed by atoms with E-state index in [0.29, 0.717) is 5.15 Å². The van der Waals surface area contributed by atoms with E-state index in [9.17, 15) is 0 Å². The van der Waals surface area contributed by atoms with Crippen molar-refractivity contribution >= 4 is 33.4 Å². The summed E-state index contributed by atoms with van der Waals surface area (Å²) in [5.74, 6) is 0. The van der Waals surface area contributed by atoms with Crippen molar-refractivity contribution in [3.8, 4) is 5.69 Å². The van der Waals surface area contributed by atoms with E-state index < -0.39 is 0 Å². The average molecular weight is 280 g/mol. The molecule has 0 aliphatic carbocycles. The average Bonchev–Trinajstić information content (AvgIpc) is 2.94. The van der Waals surface area contributed by atoms with Crippen LogP contribution in [0.2, 0.25) is 5.15 Å². The van der Waals surface area contributed by atoms with Gasteiger partial charge in [-0.15, -0.1) is 0 Å². The number of rotatable bonds is 1. The fraction of sp³-hybridized carbons (Fsp3) is 0. The van der Waals surface area contributed by atoms with Crippen LogP contribution in [0.5, 0.6) is 0 Å². The summed E-state index contributed by atoms with van der Waals surface area (Å²) in [5, 5.41) is 7.08. The zero-order chi connectivity index (χ0) is 13.5. The topological polar surface area (TPSA) is 30.7 Å². The quantitative estimate of drug-likeness (QED) is 0.488. The molecular weight excluding hydrogens is 270 g/mol. The van der Waals surface area contributed by atoms with Crippen molar-refractivity contribution in [2.45, 2.75) is 0 Å². The maximum Gasteiger partial charge on any atom is 0.157 e. The van der Waals surface area contributed by atoms with Crippen LogP contribution in [0.25, 0.3) is 27.5 Å². The molecule has 0 saturated carbocycles. The molecule has 0 atom stereocenters. The molecule has 0 fully saturated rings. The van der Waals surface area contributed by atoms with Crippen LogP contribution in [0, 0.1) is 0 Å². The summed E-state index contributed by atoms with van der Waals surface area (Å²) in [6.07, 6.45) is 2.00. The molecule has 4 rings (SSSR count). The number of hydrogen-bond donors (Lipinski definition) is 0. The summed E-state index contributed by atoms with van der Waals surface area (Å²) >= 11 is 6.25. The Balaban J connectivity index is 2.08. The molecule has 0 unspecified atom stereocenters. The lowest BCUT2D eigenvalue weighted by Gasteiger charge is -1.98. The van der Waals surface area contributed by atoms with Gasteiger partial charge in [0.05, 0.1) is 11.2 Å². The van der Waals surface area contributed by atoms with Crippen molar-refractivity contribution in [1.29, 1.82) is 0 Å². The summed E-state index contributed by atoms with van der Waals surface area (Å²) in [6, 6.07) is 17.9. The molecule has 0 aliphatic heterocycles. The molecule has 0 spiro atoms. The summed E-state index contributed by atoms with van der Waals surface area (Å²) in [7, 11) is 0. The molecule has 0 saturated heterocycles. The minimum atomic E-state index is 0.438. The Morgan fingerprint density at radius 3 is 2.45 bits per heavy atom. The van der Waals surface area contributed by atoms with Gasteiger partial charge in [-0.25, -0.2) is 9.67 Å². The number of para-hydroxylation sites is 2. The zero-order valence-corrected chi connectivity index (χ0v) is 11.2. The molecule has 0 N–H and O–H groups in total. The Hall–Kier alpha value is -2.39. The number of aromatic nitrogens is 3. The second-order valence-corrected chi connectivity index (χ2v) is 4.95. The third-order valence-electron chi connectivity index (χ3n) is 3.34. The number of benzene rings is 2. The van der Waals surface area contributed by atoms with Gasteiger partial charge in [0.25, 0.3) is 0 Å². The van der Waals surface area contributed by atoms with Crippen LogP contribution in [0.15, 0.2) is 60.8 Å². The molecule has 96 valence electrons. The largest absolute Gasteiger partial charge is 0.240 e. The number of halogens is 1. The maximum atomic E-state index is 6.25. The van der Waals surface area contributed by atoms with Gasteiger partial charge in [0.15, 0.2) is 5.15 Å². The first-order valence-corrected chi connectivity index (χ1v) is 6.70. The lowest BCUT2D eigenvalue weighted by atomic mass is 10.1. The first kappa shape index (κ1) is 11.4. The minimum absolute atomic E-state index is 0.438. The highest BCUT2D eigenvalue weighted by atomic mass is 35.5. The second-order valence-electron chi connectivity index (χ2n) is 4.59. The van der Waals surface area contributed by atoms with E-state index in [1.807, 2.05) is 65.5 Å². The first-order chi connectivity index (χ1) is 9.83. The standard InChI is InChI=1S/C16H10ClN3/c17-16-15-13(12-8-4-5-9-14(12)18-16)10-20(19-15)11-6-2-1-3-7-11/h1-10H. The van der Waals surface area contributed by atoms with E-state index in [1.165, 1.54) is 0 Å². The minimum Gasteiger partial charge on any atom is -0.240 e. The number of nitrogens with zero attached hydrogens (tertiary/aromatic N) is 3. The molecular formula is C16H10ClN3. The van der Waals surface area contributed by atoms with Crippen LogP contribution in [-0.2, 0) is 0 Å². The van der Waals surface area contributed by atoms with Crippen molar-refractivity contribution in [3.63, 3.8) is 0 Å². The van der Waals surface area contributed by atoms with Crippen molar-refractivity contribution in [2.75, 3.05) is 0 Å². The molecule has 2 aromatic carbocycles. The lowest BCUT2D eigenvalue weighted by Crippen LogP contribution is -1.92. The van der Waals surface area contributed by atoms with Gasteiger partial charge in [0, 0.05) is 17.0 Å². The summed E-state index contributed by atoms with van der Waals surface area (Å²) in [6.45, 7) is 0. The van der Waals surface area contributed by atoms with Crippen molar-refractivity contribution in [1.82, 2.24) is 14.8 Å². The van der Waals surface area contributed by atoms with Gasteiger partial charge in [-0.1, -0.05) is 48.0 Å². The Bertz CT molecular complexity index is 913. The highest BCUT2D eigenvalue weighted by Crippen LogP contribution is 2.28. The third kappa shape index (κ3) is 1.67. The Morgan fingerprint density at radius 1 is 0.850 bits per heavy atom. The van der Waals surface area contributed by atoms with E-state index in [0.717, 1.165) is 27.5 Å². The van der Waals surface area contributed by atoms with E-state index >= 15 is 0 Å². The molecule has 3 nitrogen and oxygen atoms in total. The van der Waals surface area contributed by atoms with Crippen molar-refractivity contribution < 1.29 is 0 Å². The highest BCUT2D eigenvalue weighted by molar-refractivity contribution is 6.35. The molecule has 2 aromatic heterocycles. The fourth-order valence-corrected chi connectivity index (χ4v) is 2.62. The monoisotopic (exact) mass is 279 g/mol. The molecule has 4 heteroatoms. The molecule has 0 radical (unpaired) electrons. The fourth-order valence-electron chi connectivity index (χ4n) is 2.39. The van der Waals surface area contributed by atoms with Crippen LogP contribution in [0.1, 0.15) is 0 Å². The molecule has 0 amide bonds. The third-order valence-corrected chi connectivity index (χ3v) is 3.61. The zero-order valence-electron chi connectivity index (χ0n) is 10.5. The van der Waals surface area contributed by atoms with Gasteiger partial charge in [0.2, 0.25) is 0 Å². The molecule has 20 heavy (non-hydrogen) atoms. The van der Waals surface area contributed by atoms with Crippen LogP contribution in [-0.4, -0.2) is 14.8 Å². The van der Waals surface area contributed by atoms with Gasteiger partial charge in [-0.2, -0.15) is 5.10 Å². The van der Waals surface area contributed by atoms with Crippen molar-refractivity contribution in [2.24, 2.45) is 0 Å². The SMILES string of the molecule is Clc1nc2ccccc2c2cn(-c3ccccc3)nc12. The van der Waals surface area contributed by atoms with Gasteiger partial charge in [-0.3, -0.25) is 0 Å². The van der Waals surface area contributed by atoms with E-state index in [-0.39, 0.29) is 0 Å². The van der Waals surface area contributed by atoms with Gasteiger partial charge >= 0.3 is 0 Å². The maximum absolute atomic E-state index is 6.25. The summed E-state index contributed by atoms with van der Waals surface area (Å²) in [5.41, 5.74) is 2.62. The highest BCUT2D eigenvalue weighted by Gasteiger charge is 2.11. The van der Waals surface area contributed by atoms with Crippen LogP contribution < -0.4 is 0 Å². The predicted octanol–water partition coefficient (Wildman–Crippen LogP) is 4.23. The number of pyridine rings is 1. The van der Waals surface area contributed by atoms with E-state index in [1.54, 1.807) is 0 Å². The normalized spacial score (nSPS) is 11.2. The van der Waals surface area contributed by atoms with Gasteiger partial charge < -0.3 is 0 Å². The summed E-state index contributed by atoms with van der Waals surface area (Å²) in [4.78, 5) is 4.40. The number of fused-ring (bicyclic) bond motifs is 3. The van der Waals surface area contributed by atoms with Gasteiger partial charge in [0.1, 0.15) is 5.52 Å². The Kier molecular flexibility index (Phi) is 2.47. The van der Waals surface area contributed by atoms with E-state index in [4.69, 9.17) is 11.6 Å².